The Balaban J connectivity index is 2.32. The number of aliphatic hydroxyl groups is 1. The van der Waals surface area contributed by atoms with Crippen LogP contribution in [0.25, 0.3) is 0 Å². The summed E-state index contributed by atoms with van der Waals surface area (Å²) in [7, 11) is 2.00. The summed E-state index contributed by atoms with van der Waals surface area (Å²) >= 11 is 0. The lowest BCUT2D eigenvalue weighted by molar-refractivity contribution is 0.106. The highest BCUT2D eigenvalue weighted by atomic mass is 16.3. The minimum absolute atomic E-state index is 0.402. The number of aliphatic hydroxyl groups excluding tert-OH is 1. The number of likely N-dealkylation sites (N-methyl/N-ethyl adjacent to an activating group) is 1. The van der Waals surface area contributed by atoms with E-state index in [0.29, 0.717) is 18.8 Å². The fourth-order valence-electron chi connectivity index (χ4n) is 1.59. The van der Waals surface area contributed by atoms with Crippen LogP contribution in [0, 0.1) is 0 Å². The standard InChI is InChI=1S/C10H20N4O/c1-3-4-13(2)7-10(15)8-14-6-9(11)5-12-14/h5-6,10,15H,3-4,7-8,11H2,1-2H3. The van der Waals surface area contributed by atoms with Crippen molar-refractivity contribution in [2.75, 3.05) is 25.9 Å². The average molecular weight is 212 g/mol. The van der Waals surface area contributed by atoms with Crippen LogP contribution < -0.4 is 5.73 Å². The maximum atomic E-state index is 9.77. The summed E-state index contributed by atoms with van der Waals surface area (Å²) in [6, 6.07) is 0. The van der Waals surface area contributed by atoms with E-state index in [-0.39, 0.29) is 0 Å². The van der Waals surface area contributed by atoms with E-state index in [1.807, 2.05) is 7.05 Å². The van der Waals surface area contributed by atoms with Crippen molar-refractivity contribution in [3.63, 3.8) is 0 Å². The van der Waals surface area contributed by atoms with E-state index >= 15 is 0 Å². The highest BCUT2D eigenvalue weighted by molar-refractivity contribution is 5.30. The molecule has 0 aliphatic rings. The van der Waals surface area contributed by atoms with Gasteiger partial charge < -0.3 is 15.7 Å². The first-order valence-corrected chi connectivity index (χ1v) is 5.26. The maximum absolute atomic E-state index is 9.77. The van der Waals surface area contributed by atoms with Crippen LogP contribution >= 0.6 is 0 Å². The summed E-state index contributed by atoms with van der Waals surface area (Å²) in [4.78, 5) is 2.11. The van der Waals surface area contributed by atoms with Gasteiger partial charge in [0.15, 0.2) is 0 Å². The van der Waals surface area contributed by atoms with Crippen LogP contribution in [-0.4, -0.2) is 46.0 Å². The number of nitrogens with two attached hydrogens (primary N) is 1. The van der Waals surface area contributed by atoms with E-state index in [2.05, 4.69) is 16.9 Å². The predicted molar refractivity (Wildman–Crippen MR) is 60.4 cm³/mol. The Bertz CT molecular complexity index is 287. The van der Waals surface area contributed by atoms with E-state index in [1.54, 1.807) is 17.1 Å². The number of anilines is 1. The van der Waals surface area contributed by atoms with Crippen molar-refractivity contribution in [1.29, 1.82) is 0 Å². The van der Waals surface area contributed by atoms with E-state index in [0.717, 1.165) is 13.0 Å². The molecule has 0 saturated heterocycles. The molecular weight excluding hydrogens is 192 g/mol. The Kier molecular flexibility index (Phi) is 4.58. The highest BCUT2D eigenvalue weighted by Gasteiger charge is 2.08. The molecule has 0 aromatic carbocycles. The molecule has 86 valence electrons. The highest BCUT2D eigenvalue weighted by Crippen LogP contribution is 2.00. The monoisotopic (exact) mass is 212 g/mol. The molecule has 1 aromatic heterocycles. The van der Waals surface area contributed by atoms with Crippen molar-refractivity contribution in [1.82, 2.24) is 14.7 Å². The molecule has 1 unspecified atom stereocenters. The number of nitrogens with zero attached hydrogens (tertiary/aromatic N) is 3. The fraction of sp³-hybridized carbons (Fsp3) is 0.700. The van der Waals surface area contributed by atoms with Crippen molar-refractivity contribution in [3.8, 4) is 0 Å². The zero-order valence-corrected chi connectivity index (χ0v) is 9.43. The van der Waals surface area contributed by atoms with Gasteiger partial charge in [0.05, 0.1) is 24.5 Å². The molecule has 0 aliphatic heterocycles. The predicted octanol–water partition coefficient (Wildman–Crippen LogP) is 0.168. The molecule has 1 atom stereocenters. The molecule has 5 nitrogen and oxygen atoms in total. The van der Waals surface area contributed by atoms with Crippen molar-refractivity contribution < 1.29 is 5.11 Å². The van der Waals surface area contributed by atoms with E-state index in [9.17, 15) is 5.11 Å². The second-order valence-corrected chi connectivity index (χ2v) is 3.91. The van der Waals surface area contributed by atoms with E-state index < -0.39 is 6.10 Å². The molecule has 1 aromatic rings. The van der Waals surface area contributed by atoms with Gasteiger partial charge in [0.2, 0.25) is 0 Å². The topological polar surface area (TPSA) is 67.3 Å². The number of nitrogen functional groups attached to an aromatic ring is 1. The molecule has 0 aliphatic carbocycles. The third-order valence-electron chi connectivity index (χ3n) is 2.18. The van der Waals surface area contributed by atoms with Crippen molar-refractivity contribution in [3.05, 3.63) is 12.4 Å². The van der Waals surface area contributed by atoms with Gasteiger partial charge >= 0.3 is 0 Å². The van der Waals surface area contributed by atoms with Crippen molar-refractivity contribution in [2.24, 2.45) is 0 Å². The zero-order valence-electron chi connectivity index (χ0n) is 9.43. The lowest BCUT2D eigenvalue weighted by atomic mass is 10.3. The van der Waals surface area contributed by atoms with Crippen LogP contribution in [0.1, 0.15) is 13.3 Å². The van der Waals surface area contributed by atoms with Gasteiger partial charge in [0.25, 0.3) is 0 Å². The molecule has 1 heterocycles. The average Bonchev–Trinajstić information content (AvgIpc) is 2.51. The summed E-state index contributed by atoms with van der Waals surface area (Å²) in [5.74, 6) is 0. The molecule has 0 saturated carbocycles. The van der Waals surface area contributed by atoms with Crippen molar-refractivity contribution in [2.45, 2.75) is 26.0 Å². The second-order valence-electron chi connectivity index (χ2n) is 3.91. The summed E-state index contributed by atoms with van der Waals surface area (Å²) in [5.41, 5.74) is 6.16. The first-order valence-electron chi connectivity index (χ1n) is 5.26. The molecule has 0 bridgehead atoms. The second kappa shape index (κ2) is 5.72. The summed E-state index contributed by atoms with van der Waals surface area (Å²) in [6.45, 7) is 4.27. The van der Waals surface area contributed by atoms with Gasteiger partial charge in [0.1, 0.15) is 0 Å². The van der Waals surface area contributed by atoms with Gasteiger partial charge in [-0.05, 0) is 20.0 Å². The molecule has 0 fully saturated rings. The minimum Gasteiger partial charge on any atom is -0.396 e. The Labute approximate surface area is 90.5 Å². The summed E-state index contributed by atoms with van der Waals surface area (Å²) in [5, 5.41) is 13.8. The largest absolute Gasteiger partial charge is 0.396 e. The Morgan fingerprint density at radius 3 is 2.93 bits per heavy atom. The van der Waals surface area contributed by atoms with Crippen LogP contribution in [-0.2, 0) is 6.54 Å². The third kappa shape index (κ3) is 4.31. The van der Waals surface area contributed by atoms with Gasteiger partial charge in [-0.3, -0.25) is 4.68 Å². The Hall–Kier alpha value is -1.07. The first kappa shape index (κ1) is 12.0. The normalized spacial score (nSPS) is 13.3. The lowest BCUT2D eigenvalue weighted by Gasteiger charge is -2.19. The van der Waals surface area contributed by atoms with E-state index in [4.69, 9.17) is 5.73 Å². The van der Waals surface area contributed by atoms with Gasteiger partial charge in [0, 0.05) is 12.7 Å². The lowest BCUT2D eigenvalue weighted by Crippen LogP contribution is -2.32. The van der Waals surface area contributed by atoms with Crippen LogP contribution in [0.3, 0.4) is 0 Å². The molecule has 5 heteroatoms. The molecule has 0 radical (unpaired) electrons. The van der Waals surface area contributed by atoms with Gasteiger partial charge in [-0.15, -0.1) is 0 Å². The Morgan fingerprint density at radius 1 is 1.67 bits per heavy atom. The van der Waals surface area contributed by atoms with Crippen LogP contribution in [0.4, 0.5) is 5.69 Å². The Morgan fingerprint density at radius 2 is 2.40 bits per heavy atom. The summed E-state index contributed by atoms with van der Waals surface area (Å²) in [6.07, 6.45) is 4.00. The number of hydrogen-bond acceptors (Lipinski definition) is 4. The van der Waals surface area contributed by atoms with Gasteiger partial charge in [-0.25, -0.2) is 0 Å². The number of aromatic nitrogens is 2. The molecule has 0 amide bonds. The smallest absolute Gasteiger partial charge is 0.0862 e. The molecule has 3 N–H and O–H groups in total. The van der Waals surface area contributed by atoms with Crippen molar-refractivity contribution >= 4 is 5.69 Å². The number of rotatable bonds is 6. The maximum Gasteiger partial charge on any atom is 0.0862 e. The molecule has 0 spiro atoms. The fourth-order valence-corrected chi connectivity index (χ4v) is 1.59. The quantitative estimate of drug-likeness (QED) is 0.705. The zero-order chi connectivity index (χ0) is 11.3. The molecule has 15 heavy (non-hydrogen) atoms. The summed E-state index contributed by atoms with van der Waals surface area (Å²) < 4.78 is 1.67. The van der Waals surface area contributed by atoms with Crippen LogP contribution in [0.15, 0.2) is 12.4 Å². The molecular formula is C10H20N4O. The first-order chi connectivity index (χ1) is 7.11. The van der Waals surface area contributed by atoms with Gasteiger partial charge in [-0.1, -0.05) is 6.92 Å². The van der Waals surface area contributed by atoms with Crippen LogP contribution in [0.2, 0.25) is 0 Å². The SMILES string of the molecule is CCCN(C)CC(O)Cn1cc(N)cn1. The third-order valence-corrected chi connectivity index (χ3v) is 2.18. The van der Waals surface area contributed by atoms with E-state index in [1.165, 1.54) is 0 Å². The van der Waals surface area contributed by atoms with Crippen LogP contribution in [0.5, 0.6) is 0 Å². The molecule has 1 rings (SSSR count). The minimum atomic E-state index is -0.402. The van der Waals surface area contributed by atoms with Gasteiger partial charge in [-0.2, -0.15) is 5.10 Å². The number of hydrogen-bond donors (Lipinski definition) is 2.